The van der Waals surface area contributed by atoms with Crippen LogP contribution in [0.2, 0.25) is 0 Å². The normalized spacial score (nSPS) is 20.8. The molecule has 0 saturated carbocycles. The lowest BCUT2D eigenvalue weighted by molar-refractivity contribution is -0.133. The Morgan fingerprint density at radius 2 is 1.88 bits per heavy atom. The Hall–Kier alpha value is -2.12. The minimum absolute atomic E-state index is 0.0702. The third-order valence-electron chi connectivity index (χ3n) is 4.63. The third-order valence-corrected chi connectivity index (χ3v) is 4.63. The van der Waals surface area contributed by atoms with Crippen LogP contribution in [0.3, 0.4) is 0 Å². The fourth-order valence-corrected chi connectivity index (χ4v) is 3.11. The van der Waals surface area contributed by atoms with Gasteiger partial charge in [0.1, 0.15) is 5.75 Å². The van der Waals surface area contributed by atoms with Crippen LogP contribution >= 0.6 is 0 Å². The van der Waals surface area contributed by atoms with Gasteiger partial charge in [-0.05, 0) is 33.0 Å². The van der Waals surface area contributed by atoms with Gasteiger partial charge in [-0.1, -0.05) is 12.1 Å². The number of likely N-dealkylation sites (N-methyl/N-ethyl adjacent to an activating group) is 1. The van der Waals surface area contributed by atoms with E-state index in [1.54, 1.807) is 18.7 Å². The molecule has 25 heavy (non-hydrogen) atoms. The quantitative estimate of drug-likeness (QED) is 0.876. The lowest BCUT2D eigenvalue weighted by Gasteiger charge is -2.38. The number of carbonyl (C=O) groups excluding carboxylic acids is 2. The van der Waals surface area contributed by atoms with Crippen molar-refractivity contribution in [2.24, 2.45) is 0 Å². The van der Waals surface area contributed by atoms with E-state index in [1.165, 1.54) is 0 Å². The van der Waals surface area contributed by atoms with E-state index in [9.17, 15) is 9.59 Å². The number of nitrogens with zero attached hydrogens (tertiary/aromatic N) is 3. The fraction of sp³-hybridized carbons (Fsp3) is 0.556. The second-order valence-corrected chi connectivity index (χ2v) is 7.11. The van der Waals surface area contributed by atoms with Crippen molar-refractivity contribution in [1.82, 2.24) is 15.3 Å². The van der Waals surface area contributed by atoms with Gasteiger partial charge < -0.3 is 14.5 Å². The Labute approximate surface area is 148 Å². The smallest absolute Gasteiger partial charge is 0.270 e. The summed E-state index contributed by atoms with van der Waals surface area (Å²) in [4.78, 5) is 28.9. The monoisotopic (exact) mass is 346 g/mol. The van der Waals surface area contributed by atoms with Crippen LogP contribution in [0.15, 0.2) is 24.3 Å². The molecule has 7 nitrogen and oxygen atoms in total. The lowest BCUT2D eigenvalue weighted by Crippen LogP contribution is -2.54. The van der Waals surface area contributed by atoms with Crippen LogP contribution in [-0.2, 0) is 9.59 Å². The summed E-state index contributed by atoms with van der Waals surface area (Å²) in [5, 5.41) is 1.95. The van der Waals surface area contributed by atoms with Gasteiger partial charge in [-0.3, -0.25) is 15.0 Å². The number of rotatable bonds is 4. The number of hydrogen-bond donors (Lipinski definition) is 1. The maximum atomic E-state index is 12.7. The Bertz CT molecular complexity index is 653. The van der Waals surface area contributed by atoms with E-state index in [1.807, 2.05) is 29.3 Å². The van der Waals surface area contributed by atoms with Crippen molar-refractivity contribution in [2.45, 2.75) is 25.9 Å². The highest BCUT2D eigenvalue weighted by Gasteiger charge is 2.40. The molecule has 2 aliphatic rings. The molecular formula is C18H26N4O3. The largest absolute Gasteiger partial charge is 0.476 e. The van der Waals surface area contributed by atoms with Gasteiger partial charge in [-0.15, -0.1) is 0 Å². The zero-order valence-electron chi connectivity index (χ0n) is 15.1. The van der Waals surface area contributed by atoms with Gasteiger partial charge in [0.25, 0.3) is 5.91 Å². The van der Waals surface area contributed by atoms with Crippen LogP contribution in [0.1, 0.15) is 20.3 Å². The molecule has 0 unspecified atom stereocenters. The van der Waals surface area contributed by atoms with Gasteiger partial charge in [0.2, 0.25) is 5.91 Å². The predicted molar refractivity (Wildman–Crippen MR) is 95.3 cm³/mol. The molecule has 0 aromatic heterocycles. The van der Waals surface area contributed by atoms with Gasteiger partial charge in [0, 0.05) is 39.1 Å². The number of piperazine rings is 1. The summed E-state index contributed by atoms with van der Waals surface area (Å²) >= 11 is 0. The Morgan fingerprint density at radius 1 is 1.20 bits per heavy atom. The van der Waals surface area contributed by atoms with Crippen molar-refractivity contribution < 1.29 is 14.3 Å². The maximum absolute atomic E-state index is 12.7. The molecule has 136 valence electrons. The molecule has 2 amide bonds. The van der Waals surface area contributed by atoms with E-state index < -0.39 is 5.60 Å². The number of ether oxygens (including phenoxy) is 1. The highest BCUT2D eigenvalue weighted by molar-refractivity contribution is 6.02. The molecular weight excluding hydrogens is 320 g/mol. The summed E-state index contributed by atoms with van der Waals surface area (Å²) in [6.07, 6.45) is 0.252. The summed E-state index contributed by atoms with van der Waals surface area (Å²) in [6.45, 7) is 7.34. The van der Waals surface area contributed by atoms with Crippen molar-refractivity contribution >= 4 is 17.5 Å². The second-order valence-electron chi connectivity index (χ2n) is 7.11. The van der Waals surface area contributed by atoms with E-state index in [4.69, 9.17) is 4.74 Å². The summed E-state index contributed by atoms with van der Waals surface area (Å²) in [5.74, 6) is 0.476. The number of amides is 2. The van der Waals surface area contributed by atoms with Crippen molar-refractivity contribution in [3.05, 3.63) is 24.3 Å². The van der Waals surface area contributed by atoms with Gasteiger partial charge >= 0.3 is 0 Å². The average molecular weight is 346 g/mol. The van der Waals surface area contributed by atoms with Crippen LogP contribution in [0.4, 0.5) is 5.69 Å². The number of anilines is 1. The van der Waals surface area contributed by atoms with E-state index in [0.29, 0.717) is 12.3 Å². The minimum atomic E-state index is -0.928. The number of hydrogen-bond acceptors (Lipinski definition) is 5. The molecule has 0 spiro atoms. The molecule has 1 aromatic rings. The molecule has 1 aromatic carbocycles. The zero-order chi connectivity index (χ0) is 18.0. The highest BCUT2D eigenvalue weighted by atomic mass is 16.5. The molecule has 0 atom stereocenters. The van der Waals surface area contributed by atoms with Crippen molar-refractivity contribution in [3.8, 4) is 5.75 Å². The van der Waals surface area contributed by atoms with E-state index in [2.05, 4.69) is 17.4 Å². The van der Waals surface area contributed by atoms with Gasteiger partial charge in [0.15, 0.2) is 5.60 Å². The number of carbonyl (C=O) groups is 2. The Morgan fingerprint density at radius 3 is 2.60 bits per heavy atom. The molecule has 0 bridgehead atoms. The SMILES string of the molecule is CN1CCN(NC(=O)CCN2C(=O)C(C)(C)Oc3ccccc32)CC1. The average Bonchev–Trinajstić information content (AvgIpc) is 2.57. The predicted octanol–water partition coefficient (Wildman–Crippen LogP) is 0.859. The van der Waals surface area contributed by atoms with E-state index in [-0.39, 0.29) is 18.2 Å². The molecule has 2 aliphatic heterocycles. The molecule has 7 heteroatoms. The topological polar surface area (TPSA) is 65.1 Å². The van der Waals surface area contributed by atoms with Crippen molar-refractivity contribution in [3.63, 3.8) is 0 Å². The van der Waals surface area contributed by atoms with Crippen molar-refractivity contribution in [2.75, 3.05) is 44.7 Å². The first-order valence-corrected chi connectivity index (χ1v) is 8.70. The van der Waals surface area contributed by atoms with Crippen LogP contribution < -0.4 is 15.1 Å². The first kappa shape index (κ1) is 17.7. The lowest BCUT2D eigenvalue weighted by atomic mass is 10.0. The zero-order valence-corrected chi connectivity index (χ0v) is 15.1. The first-order valence-electron chi connectivity index (χ1n) is 8.70. The van der Waals surface area contributed by atoms with Crippen LogP contribution in [-0.4, -0.2) is 67.1 Å². The maximum Gasteiger partial charge on any atom is 0.270 e. The summed E-state index contributed by atoms with van der Waals surface area (Å²) in [7, 11) is 2.07. The molecule has 1 saturated heterocycles. The number of benzene rings is 1. The number of nitrogens with one attached hydrogen (secondary N) is 1. The molecule has 0 aliphatic carbocycles. The van der Waals surface area contributed by atoms with Crippen LogP contribution in [0, 0.1) is 0 Å². The van der Waals surface area contributed by atoms with Gasteiger partial charge in [-0.25, -0.2) is 5.01 Å². The van der Waals surface area contributed by atoms with Crippen LogP contribution in [0.5, 0.6) is 5.75 Å². The molecule has 3 rings (SSSR count). The van der Waals surface area contributed by atoms with Crippen molar-refractivity contribution in [1.29, 1.82) is 0 Å². The van der Waals surface area contributed by atoms with Gasteiger partial charge in [-0.2, -0.15) is 0 Å². The summed E-state index contributed by atoms with van der Waals surface area (Å²) < 4.78 is 5.80. The number of hydrazine groups is 1. The van der Waals surface area contributed by atoms with E-state index >= 15 is 0 Å². The molecule has 2 heterocycles. The summed E-state index contributed by atoms with van der Waals surface area (Å²) in [6, 6.07) is 7.44. The van der Waals surface area contributed by atoms with E-state index in [0.717, 1.165) is 31.9 Å². The number of fused-ring (bicyclic) bond motifs is 1. The Balaban J connectivity index is 1.62. The third kappa shape index (κ3) is 3.93. The molecule has 1 fully saturated rings. The number of para-hydroxylation sites is 2. The first-order chi connectivity index (χ1) is 11.9. The Kier molecular flexibility index (Phi) is 4.96. The molecule has 1 N–H and O–H groups in total. The second kappa shape index (κ2) is 7.01. The van der Waals surface area contributed by atoms with Crippen LogP contribution in [0.25, 0.3) is 0 Å². The summed E-state index contributed by atoms with van der Waals surface area (Å²) in [5.41, 5.74) is 2.73. The highest BCUT2D eigenvalue weighted by Crippen LogP contribution is 2.37. The minimum Gasteiger partial charge on any atom is -0.476 e. The fourth-order valence-electron chi connectivity index (χ4n) is 3.11. The molecule has 0 radical (unpaired) electrons. The standard InChI is InChI=1S/C18H26N4O3/c1-18(2)17(24)22(14-6-4-5-7-15(14)25-18)9-8-16(23)19-21-12-10-20(3)11-13-21/h4-7H,8-13H2,1-3H3,(H,19,23). The van der Waals surface area contributed by atoms with Gasteiger partial charge in [0.05, 0.1) is 5.69 Å².